The molecule has 1 saturated heterocycles. The Balaban J connectivity index is 1.80. The van der Waals surface area contributed by atoms with Crippen LogP contribution in [0.2, 0.25) is 0 Å². The number of hydrogen-bond donors (Lipinski definition) is 2. The number of rotatable bonds is 7. The summed E-state index contributed by atoms with van der Waals surface area (Å²) >= 11 is 0. The van der Waals surface area contributed by atoms with E-state index in [-0.39, 0.29) is 11.8 Å². The average Bonchev–Trinajstić information content (AvgIpc) is 2.82. The van der Waals surface area contributed by atoms with Crippen LogP contribution in [0.4, 0.5) is 0 Å². The van der Waals surface area contributed by atoms with E-state index in [9.17, 15) is 5.11 Å². The molecule has 164 valence electrons. The van der Waals surface area contributed by atoms with Gasteiger partial charge in [-0.05, 0) is 50.6 Å². The Labute approximate surface area is 185 Å². The zero-order valence-corrected chi connectivity index (χ0v) is 18.6. The lowest BCUT2D eigenvalue weighted by molar-refractivity contribution is 0.204. The van der Waals surface area contributed by atoms with E-state index in [2.05, 4.69) is 46.6 Å². The summed E-state index contributed by atoms with van der Waals surface area (Å²) < 4.78 is 6.10. The van der Waals surface area contributed by atoms with Crippen LogP contribution in [-0.4, -0.2) is 49.0 Å². The van der Waals surface area contributed by atoms with Gasteiger partial charge in [-0.25, -0.2) is 0 Å². The van der Waals surface area contributed by atoms with E-state index in [0.717, 1.165) is 42.2 Å². The van der Waals surface area contributed by atoms with Crippen LogP contribution in [0.5, 0.6) is 5.75 Å². The first-order chi connectivity index (χ1) is 15.2. The molecular weight excluding hydrogens is 386 g/mol. The van der Waals surface area contributed by atoms with Crippen LogP contribution in [0.15, 0.2) is 65.3 Å². The van der Waals surface area contributed by atoms with Crippen molar-refractivity contribution in [2.24, 2.45) is 11.0 Å². The Hall–Kier alpha value is -2.79. The molecule has 0 bridgehead atoms. The molecule has 0 unspecified atom stereocenters. The molecule has 0 radical (unpaired) electrons. The maximum absolute atomic E-state index is 11.3. The van der Waals surface area contributed by atoms with Gasteiger partial charge in [0.15, 0.2) is 0 Å². The Kier molecular flexibility index (Phi) is 6.92. The highest BCUT2D eigenvalue weighted by atomic mass is 16.5. The number of para-hydroxylation sites is 1. The van der Waals surface area contributed by atoms with Gasteiger partial charge >= 0.3 is 0 Å². The van der Waals surface area contributed by atoms with Crippen molar-refractivity contribution < 1.29 is 9.84 Å². The number of nitrogens with one attached hydrogen (secondary N) is 1. The number of benzene rings is 2. The van der Waals surface area contributed by atoms with E-state index in [1.54, 1.807) is 0 Å². The third kappa shape index (κ3) is 4.77. The topological polar surface area (TPSA) is 57.1 Å². The average molecular weight is 420 g/mol. The van der Waals surface area contributed by atoms with E-state index < -0.39 is 0 Å². The molecule has 2 atom stereocenters. The second-order valence-electron chi connectivity index (χ2n) is 8.49. The van der Waals surface area contributed by atoms with Gasteiger partial charge in [-0.2, -0.15) is 5.10 Å². The number of nitrogens with zero attached hydrogens (tertiary/aromatic N) is 2. The van der Waals surface area contributed by atoms with Crippen molar-refractivity contribution in [1.82, 2.24) is 10.3 Å². The number of fused-ring (bicyclic) bond motifs is 1. The minimum absolute atomic E-state index is 0.0198. The molecule has 2 aromatic rings. The summed E-state index contributed by atoms with van der Waals surface area (Å²) in [5.41, 5.74) is 6.90. The van der Waals surface area contributed by atoms with Crippen LogP contribution in [0.3, 0.4) is 0 Å². The predicted molar refractivity (Wildman–Crippen MR) is 127 cm³/mol. The number of likely N-dealkylation sites (tertiary alicyclic amines) is 1. The zero-order chi connectivity index (χ0) is 21.6. The molecule has 0 aliphatic carbocycles. The molecule has 2 heterocycles. The Morgan fingerprint density at radius 2 is 1.77 bits per heavy atom. The van der Waals surface area contributed by atoms with E-state index in [1.165, 1.54) is 24.8 Å². The first kappa shape index (κ1) is 21.4. The third-order valence-corrected chi connectivity index (χ3v) is 6.49. The number of ether oxygens (including phenoxy) is 1. The first-order valence-electron chi connectivity index (χ1n) is 11.3. The van der Waals surface area contributed by atoms with Crippen molar-refractivity contribution in [3.05, 3.63) is 71.3 Å². The molecule has 0 saturated carbocycles. The lowest BCUT2D eigenvalue weighted by Gasteiger charge is -2.37. The number of hydrazone groups is 1. The molecule has 5 nitrogen and oxygen atoms in total. The van der Waals surface area contributed by atoms with Gasteiger partial charge in [-0.3, -0.25) is 0 Å². The van der Waals surface area contributed by atoms with Crippen molar-refractivity contribution in [2.75, 3.05) is 33.3 Å². The van der Waals surface area contributed by atoms with Crippen LogP contribution >= 0.6 is 0 Å². The highest BCUT2D eigenvalue weighted by molar-refractivity contribution is 5.86. The summed E-state index contributed by atoms with van der Waals surface area (Å²) in [5.74, 6) is 1.19. The van der Waals surface area contributed by atoms with Crippen LogP contribution in [0.1, 0.15) is 43.2 Å². The number of aliphatic hydroxyl groups excluding tert-OH is 1. The minimum atomic E-state index is -0.0198. The molecule has 2 N–H and O–H groups in total. The van der Waals surface area contributed by atoms with Crippen molar-refractivity contribution in [2.45, 2.75) is 32.1 Å². The molecule has 2 aromatic carbocycles. The molecular formula is C26H33N3O2. The molecule has 4 rings (SSSR count). The van der Waals surface area contributed by atoms with Crippen molar-refractivity contribution in [3.63, 3.8) is 0 Å². The third-order valence-electron chi connectivity index (χ3n) is 6.49. The fourth-order valence-corrected chi connectivity index (χ4v) is 4.92. The minimum Gasteiger partial charge on any atom is -0.507 e. The Morgan fingerprint density at radius 3 is 2.52 bits per heavy atom. The summed E-state index contributed by atoms with van der Waals surface area (Å²) in [5, 5.41) is 15.9. The SMILES string of the molecule is CNN=C(C)[C@H](CN1CCCCC1)[C@@H](C1=C(O)c2ccccc2OC1)c1ccccc1. The van der Waals surface area contributed by atoms with E-state index >= 15 is 0 Å². The molecule has 5 heteroatoms. The summed E-state index contributed by atoms with van der Waals surface area (Å²) in [6.07, 6.45) is 3.80. The Morgan fingerprint density at radius 1 is 1.06 bits per heavy atom. The van der Waals surface area contributed by atoms with Crippen molar-refractivity contribution in [1.29, 1.82) is 0 Å². The molecule has 1 fully saturated rings. The molecule has 2 aliphatic heterocycles. The highest BCUT2D eigenvalue weighted by Gasteiger charge is 2.35. The molecule has 0 amide bonds. The summed E-state index contributed by atoms with van der Waals surface area (Å²) in [6.45, 7) is 5.63. The van der Waals surface area contributed by atoms with Gasteiger partial charge in [0.25, 0.3) is 0 Å². The smallest absolute Gasteiger partial charge is 0.130 e. The zero-order valence-electron chi connectivity index (χ0n) is 18.6. The highest BCUT2D eigenvalue weighted by Crippen LogP contribution is 2.41. The van der Waals surface area contributed by atoms with Gasteiger partial charge in [0.1, 0.15) is 18.1 Å². The van der Waals surface area contributed by atoms with Gasteiger partial charge in [0, 0.05) is 36.7 Å². The molecule has 0 aromatic heterocycles. The van der Waals surface area contributed by atoms with Crippen molar-refractivity contribution in [3.8, 4) is 5.75 Å². The molecule has 2 aliphatic rings. The fourth-order valence-electron chi connectivity index (χ4n) is 4.92. The Bertz CT molecular complexity index is 933. The van der Waals surface area contributed by atoms with E-state index in [0.29, 0.717) is 12.4 Å². The molecule has 31 heavy (non-hydrogen) atoms. The van der Waals surface area contributed by atoms with Crippen LogP contribution < -0.4 is 10.2 Å². The monoisotopic (exact) mass is 419 g/mol. The van der Waals surface area contributed by atoms with Gasteiger partial charge in [-0.15, -0.1) is 0 Å². The predicted octanol–water partition coefficient (Wildman–Crippen LogP) is 4.83. The second-order valence-corrected chi connectivity index (χ2v) is 8.49. The number of piperidine rings is 1. The number of hydrogen-bond acceptors (Lipinski definition) is 5. The van der Waals surface area contributed by atoms with E-state index in [4.69, 9.17) is 4.74 Å². The van der Waals surface area contributed by atoms with Gasteiger partial charge in [0.05, 0.1) is 5.56 Å². The maximum atomic E-state index is 11.3. The number of aliphatic hydroxyl groups is 1. The van der Waals surface area contributed by atoms with Gasteiger partial charge in [0.2, 0.25) is 0 Å². The van der Waals surface area contributed by atoms with Crippen molar-refractivity contribution >= 4 is 11.5 Å². The standard InChI is InChI=1S/C26H33N3O2/c1-19(28-27-2)22(17-29-15-9-4-10-16-29)25(20-11-5-3-6-12-20)23-18-31-24-14-8-7-13-21(24)26(23)30/h3,5-8,11-14,22,25,27,30H,4,9-10,15-18H2,1-2H3/t22-,25-/m0/s1. The normalized spacial score (nSPS) is 19.4. The van der Waals surface area contributed by atoms with Gasteiger partial charge < -0.3 is 20.2 Å². The summed E-state index contributed by atoms with van der Waals surface area (Å²) in [7, 11) is 1.84. The largest absolute Gasteiger partial charge is 0.507 e. The first-order valence-corrected chi connectivity index (χ1v) is 11.3. The lowest BCUT2D eigenvalue weighted by Crippen LogP contribution is -2.40. The van der Waals surface area contributed by atoms with Crippen LogP contribution in [0, 0.1) is 5.92 Å². The molecule has 0 spiro atoms. The lowest BCUT2D eigenvalue weighted by atomic mass is 9.76. The van der Waals surface area contributed by atoms with E-state index in [1.807, 2.05) is 37.4 Å². The van der Waals surface area contributed by atoms with Crippen LogP contribution in [0.25, 0.3) is 5.76 Å². The maximum Gasteiger partial charge on any atom is 0.130 e. The summed E-state index contributed by atoms with van der Waals surface area (Å²) in [4.78, 5) is 2.55. The fraction of sp³-hybridized carbons (Fsp3) is 0.423. The second kappa shape index (κ2) is 10.0. The van der Waals surface area contributed by atoms with Crippen LogP contribution in [-0.2, 0) is 0 Å². The van der Waals surface area contributed by atoms with Gasteiger partial charge in [-0.1, -0.05) is 48.9 Å². The quantitative estimate of drug-likeness (QED) is 0.499. The summed E-state index contributed by atoms with van der Waals surface area (Å²) in [6, 6.07) is 18.2.